The van der Waals surface area contributed by atoms with Crippen molar-refractivity contribution >= 4 is 59.8 Å². The summed E-state index contributed by atoms with van der Waals surface area (Å²) in [5.74, 6) is 0.428. The number of amides is 2. The molecule has 9 rings (SSSR count). The van der Waals surface area contributed by atoms with Crippen molar-refractivity contribution in [1.82, 2.24) is 19.6 Å². The third kappa shape index (κ3) is 43.0. The third-order valence-electron chi connectivity index (χ3n) is 9.49. The molecule has 13 nitrogen and oxygen atoms in total. The fourth-order valence-electron chi connectivity index (χ4n) is 5.60. The number of nitrogens with one attached hydrogen (secondary N) is 2. The van der Waals surface area contributed by atoms with E-state index in [4.69, 9.17) is 4.74 Å². The van der Waals surface area contributed by atoms with Crippen LogP contribution in [-0.4, -0.2) is 105 Å². The Balaban J connectivity index is -0.000000754. The fourth-order valence-corrected chi connectivity index (χ4v) is 5.67. The summed E-state index contributed by atoms with van der Waals surface area (Å²) < 4.78 is 13.1. The Morgan fingerprint density at radius 3 is 1.25 bits per heavy atom. The van der Waals surface area contributed by atoms with E-state index in [1.807, 2.05) is 182 Å². The Morgan fingerprint density at radius 2 is 0.889 bits per heavy atom. The van der Waals surface area contributed by atoms with Crippen LogP contribution in [0.1, 0.15) is 106 Å². The molecule has 72 heavy (non-hydrogen) atoms. The van der Waals surface area contributed by atoms with Crippen LogP contribution in [-0.2, 0) is 39.6 Å². The molecule has 2 N–H and O–H groups in total. The summed E-state index contributed by atoms with van der Waals surface area (Å²) in [7, 11) is 5.99. The zero-order chi connectivity index (χ0) is 54.6. The molecular weight excluding hydrogens is 945 g/mol. The van der Waals surface area contributed by atoms with E-state index in [1.165, 1.54) is 63.0 Å². The number of thiol groups is 2. The molecule has 4 aliphatic rings. The lowest BCUT2D eigenvalue weighted by atomic mass is 10.1. The number of nitrogens with zero attached hydrogens (tertiary/aromatic N) is 4. The second-order valence-electron chi connectivity index (χ2n) is 15.0. The van der Waals surface area contributed by atoms with Crippen LogP contribution in [0.3, 0.4) is 0 Å². The first-order valence-electron chi connectivity index (χ1n) is 25.5. The highest BCUT2D eigenvalue weighted by Crippen LogP contribution is 2.23. The zero-order valence-corrected chi connectivity index (χ0v) is 48.2. The van der Waals surface area contributed by atoms with Gasteiger partial charge < -0.3 is 24.3 Å². The summed E-state index contributed by atoms with van der Waals surface area (Å²) in [6.07, 6.45) is 5.21. The van der Waals surface area contributed by atoms with Crippen molar-refractivity contribution < 1.29 is 33.0 Å². The highest BCUT2D eigenvalue weighted by Gasteiger charge is 2.19. The van der Waals surface area contributed by atoms with Gasteiger partial charge in [-0.2, -0.15) is 0 Å². The van der Waals surface area contributed by atoms with Gasteiger partial charge in [-0.25, -0.2) is 11.0 Å². The lowest BCUT2D eigenvalue weighted by Gasteiger charge is -2.10. The molecule has 0 unspecified atom stereocenters. The van der Waals surface area contributed by atoms with Crippen LogP contribution in [0.2, 0.25) is 0 Å². The van der Waals surface area contributed by atoms with Crippen LogP contribution in [0.25, 0.3) is 10.8 Å². The lowest BCUT2D eigenvalue weighted by molar-refractivity contribution is -0.158. The molecule has 0 spiro atoms. The number of benzene rings is 5. The number of methoxy groups -OCH3 is 1. The Labute approximate surface area is 447 Å². The van der Waals surface area contributed by atoms with Gasteiger partial charge in [0.15, 0.2) is 0 Å². The number of aryl methyl sites for hydroxylation is 1. The fraction of sp³-hybridized carbons (Fsp3) is 0.474. The van der Waals surface area contributed by atoms with E-state index in [0.717, 1.165) is 48.3 Å². The van der Waals surface area contributed by atoms with E-state index in [2.05, 4.69) is 98.4 Å². The summed E-state index contributed by atoms with van der Waals surface area (Å²) in [6.45, 7) is 31.2. The number of para-hydroxylation sites is 1. The van der Waals surface area contributed by atoms with Crippen LogP contribution in [0.5, 0.6) is 0 Å². The predicted molar refractivity (Wildman–Crippen MR) is 312 cm³/mol. The third-order valence-corrected chi connectivity index (χ3v) is 9.64. The van der Waals surface area contributed by atoms with Crippen LogP contribution < -0.4 is 11.0 Å². The molecule has 0 aliphatic carbocycles. The van der Waals surface area contributed by atoms with Crippen molar-refractivity contribution in [2.45, 2.75) is 108 Å². The van der Waals surface area contributed by atoms with Crippen molar-refractivity contribution in [3.63, 3.8) is 0 Å². The summed E-state index contributed by atoms with van der Waals surface area (Å²) >= 11 is 6.83. The normalized spacial score (nSPS) is 12.9. The largest absolute Gasteiger partial charge is 0.380 e. The van der Waals surface area contributed by atoms with Crippen LogP contribution in [0, 0.1) is 6.92 Å². The van der Waals surface area contributed by atoms with Crippen molar-refractivity contribution in [3.05, 3.63) is 145 Å². The van der Waals surface area contributed by atoms with Gasteiger partial charge in [0.2, 0.25) is 11.8 Å². The predicted octanol–water partition coefficient (Wildman–Crippen LogP) is 13.8. The van der Waals surface area contributed by atoms with E-state index < -0.39 is 0 Å². The van der Waals surface area contributed by atoms with Crippen molar-refractivity contribution in [3.8, 4) is 0 Å². The van der Waals surface area contributed by atoms with Gasteiger partial charge in [-0.1, -0.05) is 176 Å². The first kappa shape index (κ1) is 71.6. The molecule has 4 heterocycles. The van der Waals surface area contributed by atoms with Crippen LogP contribution >= 0.6 is 25.8 Å². The van der Waals surface area contributed by atoms with E-state index >= 15 is 0 Å². The van der Waals surface area contributed by atoms with Crippen molar-refractivity contribution in [2.24, 2.45) is 0 Å². The number of rotatable bonds is 8. The SMILES string of the molecule is CC.CC.CC.CC.CC(=O)N1CC1.CC(=O)N1CCCC1.CN1CC1.CN1CCCC1.COCc1ccccc1.Cc1ccccc1.SOONc1cccc2ccccc12.SOONc1ccccc1. The number of hydrogen-bond donors (Lipinski definition) is 4. The zero-order valence-electron chi connectivity index (χ0n) is 46.4. The van der Waals surface area contributed by atoms with Gasteiger partial charge in [0, 0.05) is 91.4 Å². The van der Waals surface area contributed by atoms with Crippen molar-refractivity contribution in [2.75, 3.05) is 84.5 Å². The number of hydrogen-bond acceptors (Lipinski definition) is 13. The van der Waals surface area contributed by atoms with E-state index in [9.17, 15) is 9.59 Å². The second-order valence-corrected chi connectivity index (χ2v) is 15.3. The summed E-state index contributed by atoms with van der Waals surface area (Å²) in [6, 6.07) is 43.6. The first-order chi connectivity index (χ1) is 35.1. The van der Waals surface area contributed by atoms with E-state index in [-0.39, 0.29) is 11.8 Å². The maximum Gasteiger partial charge on any atom is 0.219 e. The molecule has 5 aromatic rings. The molecule has 0 atom stereocenters. The highest BCUT2D eigenvalue weighted by molar-refractivity contribution is 7.75. The molecule has 2 amide bonds. The Bertz CT molecular complexity index is 1900. The number of likely N-dealkylation sites (N-methyl/N-ethyl adjacent to an activating group) is 1. The van der Waals surface area contributed by atoms with Gasteiger partial charge in [0.1, 0.15) is 0 Å². The van der Waals surface area contributed by atoms with Gasteiger partial charge >= 0.3 is 0 Å². The molecule has 0 aromatic heterocycles. The average molecular weight is 1040 g/mol. The Hall–Kier alpha value is -4.68. The van der Waals surface area contributed by atoms with Gasteiger partial charge in [0.25, 0.3) is 0 Å². The van der Waals surface area contributed by atoms with E-state index in [0.29, 0.717) is 6.61 Å². The number of carbonyl (C=O) groups excluding carboxylic acids is 2. The molecule has 4 saturated heterocycles. The van der Waals surface area contributed by atoms with Crippen molar-refractivity contribution in [1.29, 1.82) is 0 Å². The summed E-state index contributed by atoms with van der Waals surface area (Å²) in [5, 5.41) is 2.21. The van der Waals surface area contributed by atoms with Crippen LogP contribution in [0.15, 0.2) is 133 Å². The van der Waals surface area contributed by atoms with Gasteiger partial charge in [0.05, 0.1) is 18.0 Å². The molecule has 0 saturated carbocycles. The lowest BCUT2D eigenvalue weighted by Crippen LogP contribution is -2.24. The molecule has 4 aliphatic heterocycles. The smallest absolute Gasteiger partial charge is 0.219 e. The minimum absolute atomic E-state index is 0.204. The maximum atomic E-state index is 10.6. The van der Waals surface area contributed by atoms with Gasteiger partial charge in [-0.3, -0.25) is 9.59 Å². The number of ether oxygens (including phenoxy) is 1. The molecule has 406 valence electrons. The Morgan fingerprint density at radius 1 is 0.500 bits per heavy atom. The molecule has 0 radical (unpaired) electrons. The molecular formula is C57H94N6O7S2. The monoisotopic (exact) mass is 1040 g/mol. The van der Waals surface area contributed by atoms with Crippen LogP contribution in [0.4, 0.5) is 11.4 Å². The highest BCUT2D eigenvalue weighted by atomic mass is 32.1. The van der Waals surface area contributed by atoms with Gasteiger partial charge in [-0.15, -0.1) is 18.6 Å². The minimum Gasteiger partial charge on any atom is -0.380 e. The Kier molecular flexibility index (Phi) is 52.3. The topological polar surface area (TPSA) is 117 Å². The average Bonchev–Trinajstić information content (AvgIpc) is 4.33. The van der Waals surface area contributed by atoms with E-state index in [1.54, 1.807) is 25.9 Å². The number of carbonyl (C=O) groups is 2. The minimum atomic E-state index is 0.204. The number of fused-ring (bicyclic) bond motifs is 1. The summed E-state index contributed by atoms with van der Waals surface area (Å²) in [4.78, 5) is 37.9. The maximum absolute atomic E-state index is 10.6. The molecule has 5 aromatic carbocycles. The second kappa shape index (κ2) is 52.6. The number of anilines is 2. The molecule has 15 heteroatoms. The van der Waals surface area contributed by atoms with Gasteiger partial charge in [-0.05, 0) is 88.9 Å². The summed E-state index contributed by atoms with van der Waals surface area (Å²) in [5.41, 5.74) is 9.34. The quantitative estimate of drug-likeness (QED) is 0.0391. The first-order valence-corrected chi connectivity index (χ1v) is 26.2. The standard InChI is InChI=1S/C10H9NO2S.C8H10O.C7H8.C6H7NO2S.C6H11NO.C5H11N.C4H7NO.C3H7N.4C2H6/c14-13-12-11-10-7-3-5-8-4-1-2-6-9(8)10;1-9-7-8-5-3-2-4-6-8;1-7-5-3-2-4-6-7;10-9-8-7-6-4-2-1-3-5-6;1-6(8)7-4-2-3-5-7;1-6-4-2-3-5-6;1-4(6)5-2-3-5;1-4-2-3-4;4*1-2/h1-7,11,14H;2-6H,7H2,1H3;2-6H,1H3;1-5,7,10H;2-5H2,1H3;2-5H2,1H3;2-3H2,1H3;2-3H2,1H3;4*1-2H3. The molecule has 0 bridgehead atoms. The number of likely N-dealkylation sites (tertiary alicyclic amines) is 2. The molecule has 4 fully saturated rings.